The number of carbonyl (C=O) groups excluding carboxylic acids is 1. The highest BCUT2D eigenvalue weighted by Crippen LogP contribution is 2.66. The van der Waals surface area contributed by atoms with Gasteiger partial charge in [0.1, 0.15) is 6.10 Å². The zero-order valence-corrected chi connectivity index (χ0v) is 13.6. The predicted octanol–water partition coefficient (Wildman–Crippen LogP) is 2.84. The molecule has 3 heteroatoms. The zero-order chi connectivity index (χ0) is 14.6. The number of likely N-dealkylation sites (N-methyl/N-ethyl adjacent to an activating group) is 1. The van der Waals surface area contributed by atoms with Crippen LogP contribution in [0.3, 0.4) is 0 Å². The molecule has 2 aliphatic rings. The number of ether oxygens (including phenoxy) is 1. The summed E-state index contributed by atoms with van der Waals surface area (Å²) in [4.78, 5) is 12.3. The predicted molar refractivity (Wildman–Crippen MR) is 76.6 cm³/mol. The fraction of sp³-hybridized carbons (Fsp3) is 0.938. The standard InChI is InChI=1S/C16H30NO2/c1-11(17(5,6)7)14(18)19-13-10-12-8-9-16(13,4)15(12,2)3/h11-13H,8-10H2,1-7H3/q+1/t11-,12+,13+,16+/m1/s1. The molecule has 2 fully saturated rings. The molecule has 0 N–H and O–H groups in total. The Kier molecular flexibility index (Phi) is 3.29. The van der Waals surface area contributed by atoms with Crippen LogP contribution in [0.25, 0.3) is 0 Å². The van der Waals surface area contributed by atoms with Crippen molar-refractivity contribution < 1.29 is 14.0 Å². The molecular weight excluding hydrogens is 238 g/mol. The number of hydrogen-bond acceptors (Lipinski definition) is 2. The lowest BCUT2D eigenvalue weighted by Crippen LogP contribution is -2.50. The summed E-state index contributed by atoms with van der Waals surface area (Å²) in [6.07, 6.45) is 3.66. The Hall–Kier alpha value is -0.570. The van der Waals surface area contributed by atoms with E-state index in [-0.39, 0.29) is 23.5 Å². The molecule has 0 aliphatic heterocycles. The van der Waals surface area contributed by atoms with Crippen LogP contribution in [0.15, 0.2) is 0 Å². The van der Waals surface area contributed by atoms with Gasteiger partial charge in [0.15, 0.2) is 6.04 Å². The van der Waals surface area contributed by atoms with E-state index in [9.17, 15) is 4.79 Å². The molecule has 3 nitrogen and oxygen atoms in total. The number of nitrogens with zero attached hydrogens (tertiary/aromatic N) is 1. The third-order valence-electron chi connectivity index (χ3n) is 6.48. The molecule has 4 atom stereocenters. The molecular formula is C16H30NO2+. The Morgan fingerprint density at radius 2 is 1.84 bits per heavy atom. The molecule has 0 aromatic carbocycles. The summed E-state index contributed by atoms with van der Waals surface area (Å²) < 4.78 is 6.54. The molecule has 19 heavy (non-hydrogen) atoms. The third-order valence-corrected chi connectivity index (χ3v) is 6.48. The highest BCUT2D eigenvalue weighted by atomic mass is 16.5. The second kappa shape index (κ2) is 4.21. The minimum Gasteiger partial charge on any atom is -0.457 e. The summed E-state index contributed by atoms with van der Waals surface area (Å²) in [7, 11) is 6.12. The number of hydrogen-bond donors (Lipinski definition) is 0. The molecule has 0 saturated heterocycles. The minimum absolute atomic E-state index is 0.0397. The van der Waals surface area contributed by atoms with Crippen LogP contribution in [0, 0.1) is 16.7 Å². The van der Waals surface area contributed by atoms with E-state index >= 15 is 0 Å². The lowest BCUT2D eigenvalue weighted by molar-refractivity contribution is -0.885. The molecule has 0 radical (unpaired) electrons. The molecule has 2 aliphatic carbocycles. The van der Waals surface area contributed by atoms with E-state index in [1.54, 1.807) is 0 Å². The van der Waals surface area contributed by atoms with Gasteiger partial charge in [0, 0.05) is 5.41 Å². The van der Waals surface area contributed by atoms with Crippen molar-refractivity contribution in [3.63, 3.8) is 0 Å². The Morgan fingerprint density at radius 1 is 1.26 bits per heavy atom. The monoisotopic (exact) mass is 268 g/mol. The van der Waals surface area contributed by atoms with Crippen molar-refractivity contribution in [2.24, 2.45) is 16.7 Å². The molecule has 2 saturated carbocycles. The fourth-order valence-corrected chi connectivity index (χ4v) is 3.86. The average Bonchev–Trinajstić information content (AvgIpc) is 2.59. The first-order valence-corrected chi connectivity index (χ1v) is 7.52. The number of carbonyl (C=O) groups is 1. The molecule has 0 aromatic rings. The first kappa shape index (κ1) is 14.8. The zero-order valence-electron chi connectivity index (χ0n) is 13.6. The van der Waals surface area contributed by atoms with E-state index in [2.05, 4.69) is 20.8 Å². The van der Waals surface area contributed by atoms with Crippen LogP contribution in [-0.4, -0.2) is 43.7 Å². The summed E-state index contributed by atoms with van der Waals surface area (Å²) in [5.41, 5.74) is 0.468. The van der Waals surface area contributed by atoms with E-state index in [1.807, 2.05) is 28.1 Å². The topological polar surface area (TPSA) is 26.3 Å². The van der Waals surface area contributed by atoms with E-state index in [0.717, 1.165) is 12.3 Å². The Morgan fingerprint density at radius 3 is 2.21 bits per heavy atom. The largest absolute Gasteiger partial charge is 0.457 e. The van der Waals surface area contributed by atoms with E-state index in [0.29, 0.717) is 9.90 Å². The normalized spacial score (nSPS) is 38.3. The number of fused-ring (bicyclic) bond motifs is 2. The van der Waals surface area contributed by atoms with Gasteiger partial charge in [-0.15, -0.1) is 0 Å². The summed E-state index contributed by atoms with van der Waals surface area (Å²) in [6.45, 7) is 8.97. The maximum atomic E-state index is 12.3. The molecule has 110 valence electrons. The first-order chi connectivity index (χ1) is 8.50. The summed E-state index contributed by atoms with van der Waals surface area (Å²) in [6, 6.07) is -0.106. The summed E-state index contributed by atoms with van der Waals surface area (Å²) in [5, 5.41) is 0. The molecule has 0 heterocycles. The van der Waals surface area contributed by atoms with Gasteiger partial charge in [-0.3, -0.25) is 0 Å². The van der Waals surface area contributed by atoms with Crippen LogP contribution in [-0.2, 0) is 9.53 Å². The van der Waals surface area contributed by atoms with Crippen molar-refractivity contribution in [3.8, 4) is 0 Å². The molecule has 2 rings (SSSR count). The molecule has 0 aromatic heterocycles. The van der Waals surface area contributed by atoms with Gasteiger partial charge >= 0.3 is 5.97 Å². The summed E-state index contributed by atoms with van der Waals surface area (Å²) in [5.74, 6) is 0.678. The highest BCUT2D eigenvalue weighted by Gasteiger charge is 2.63. The third kappa shape index (κ3) is 2.10. The maximum absolute atomic E-state index is 12.3. The van der Waals surface area contributed by atoms with Crippen LogP contribution in [0.4, 0.5) is 0 Å². The maximum Gasteiger partial charge on any atom is 0.364 e. The highest BCUT2D eigenvalue weighted by molar-refractivity contribution is 5.74. The van der Waals surface area contributed by atoms with Gasteiger partial charge < -0.3 is 9.22 Å². The van der Waals surface area contributed by atoms with E-state index in [1.165, 1.54) is 12.8 Å². The number of esters is 1. The van der Waals surface area contributed by atoms with Gasteiger partial charge in [-0.1, -0.05) is 20.8 Å². The van der Waals surface area contributed by atoms with E-state index in [4.69, 9.17) is 4.74 Å². The van der Waals surface area contributed by atoms with Crippen LogP contribution >= 0.6 is 0 Å². The summed E-state index contributed by atoms with van der Waals surface area (Å²) >= 11 is 0. The van der Waals surface area contributed by atoms with Crippen LogP contribution in [0.5, 0.6) is 0 Å². The number of rotatable bonds is 3. The van der Waals surface area contributed by atoms with Crippen LogP contribution < -0.4 is 0 Å². The Labute approximate surface area is 117 Å². The van der Waals surface area contributed by atoms with Crippen molar-refractivity contribution in [3.05, 3.63) is 0 Å². The van der Waals surface area contributed by atoms with Crippen molar-refractivity contribution in [2.45, 2.75) is 59.1 Å². The quantitative estimate of drug-likeness (QED) is 0.581. The van der Waals surface area contributed by atoms with Gasteiger partial charge in [0.05, 0.1) is 21.1 Å². The number of quaternary nitrogens is 1. The lowest BCUT2D eigenvalue weighted by Gasteiger charge is -2.39. The van der Waals surface area contributed by atoms with Crippen LogP contribution in [0.1, 0.15) is 47.0 Å². The van der Waals surface area contributed by atoms with Crippen LogP contribution in [0.2, 0.25) is 0 Å². The van der Waals surface area contributed by atoms with Gasteiger partial charge in [0.25, 0.3) is 0 Å². The average molecular weight is 268 g/mol. The minimum atomic E-state index is -0.106. The van der Waals surface area contributed by atoms with Gasteiger partial charge in [-0.2, -0.15) is 0 Å². The van der Waals surface area contributed by atoms with Gasteiger partial charge in [0.2, 0.25) is 0 Å². The molecule has 0 amide bonds. The van der Waals surface area contributed by atoms with Gasteiger partial charge in [-0.05, 0) is 37.5 Å². The lowest BCUT2D eigenvalue weighted by atomic mass is 9.70. The molecule has 0 unspecified atom stereocenters. The Balaban J connectivity index is 2.09. The second-order valence-electron chi connectivity index (χ2n) is 8.33. The van der Waals surface area contributed by atoms with E-state index < -0.39 is 0 Å². The Bertz CT molecular complexity index is 383. The van der Waals surface area contributed by atoms with Crippen molar-refractivity contribution in [1.29, 1.82) is 0 Å². The SMILES string of the molecule is C[C@H](C(=O)O[C@H]1C[C@@H]2CC[C@]1(C)C2(C)C)[N+](C)(C)C. The molecule has 0 spiro atoms. The van der Waals surface area contributed by atoms with Crippen molar-refractivity contribution in [2.75, 3.05) is 21.1 Å². The first-order valence-electron chi connectivity index (χ1n) is 7.52. The fourth-order valence-electron chi connectivity index (χ4n) is 3.86. The van der Waals surface area contributed by atoms with Gasteiger partial charge in [-0.25, -0.2) is 4.79 Å². The smallest absolute Gasteiger partial charge is 0.364 e. The van der Waals surface area contributed by atoms with Crippen molar-refractivity contribution in [1.82, 2.24) is 0 Å². The van der Waals surface area contributed by atoms with Crippen molar-refractivity contribution >= 4 is 5.97 Å². The second-order valence-corrected chi connectivity index (χ2v) is 8.33. The molecule has 2 bridgehead atoms.